The van der Waals surface area contributed by atoms with Crippen LogP contribution in [0, 0.1) is 0 Å². The van der Waals surface area contributed by atoms with E-state index in [2.05, 4.69) is 44.9 Å². The molecule has 1 aliphatic rings. The van der Waals surface area contributed by atoms with E-state index in [1.807, 2.05) is 17.9 Å². The van der Waals surface area contributed by atoms with Crippen LogP contribution in [0.25, 0.3) is 0 Å². The lowest BCUT2D eigenvalue weighted by molar-refractivity contribution is 0.0954. The first-order valence-electron chi connectivity index (χ1n) is 5.82. The summed E-state index contributed by atoms with van der Waals surface area (Å²) in [5.74, 6) is 0. The Balaban J connectivity index is 2.21. The van der Waals surface area contributed by atoms with Crippen molar-refractivity contribution in [2.45, 2.75) is 12.1 Å². The van der Waals surface area contributed by atoms with Crippen LogP contribution >= 0.6 is 15.9 Å². The van der Waals surface area contributed by atoms with Gasteiger partial charge in [-0.25, -0.2) is 0 Å². The molecule has 2 unspecified atom stereocenters. The van der Waals surface area contributed by atoms with Gasteiger partial charge in [-0.1, -0.05) is 0 Å². The second-order valence-electron chi connectivity index (χ2n) is 4.84. The minimum Gasteiger partial charge on any atom is -0.321 e. The van der Waals surface area contributed by atoms with E-state index in [-0.39, 0.29) is 6.04 Å². The number of hydrogen-bond donors (Lipinski definition) is 1. The first kappa shape index (κ1) is 13.0. The number of nitrogens with zero attached hydrogens (tertiary/aromatic N) is 4. The Morgan fingerprint density at radius 2 is 2.12 bits per heavy atom. The zero-order valence-electron chi connectivity index (χ0n) is 10.6. The zero-order valence-corrected chi connectivity index (χ0v) is 12.2. The summed E-state index contributed by atoms with van der Waals surface area (Å²) in [6.07, 6.45) is 1.81. The van der Waals surface area contributed by atoms with Crippen molar-refractivity contribution in [2.75, 3.05) is 33.7 Å². The Kier molecular flexibility index (Phi) is 3.87. The topological polar surface area (TPSA) is 50.3 Å². The fourth-order valence-electron chi connectivity index (χ4n) is 2.41. The van der Waals surface area contributed by atoms with E-state index in [1.54, 1.807) is 0 Å². The van der Waals surface area contributed by atoms with Gasteiger partial charge in [0.2, 0.25) is 0 Å². The molecule has 2 atom stereocenters. The van der Waals surface area contributed by atoms with E-state index in [0.717, 1.165) is 29.8 Å². The van der Waals surface area contributed by atoms with Crippen LogP contribution in [0.5, 0.6) is 0 Å². The van der Waals surface area contributed by atoms with Crippen molar-refractivity contribution in [3.05, 3.63) is 16.4 Å². The average Bonchev–Trinajstić information content (AvgIpc) is 2.61. The number of nitrogens with two attached hydrogens (primary N) is 1. The highest BCUT2D eigenvalue weighted by molar-refractivity contribution is 9.10. The van der Waals surface area contributed by atoms with Crippen molar-refractivity contribution in [1.82, 2.24) is 19.6 Å². The van der Waals surface area contributed by atoms with Crippen molar-refractivity contribution in [3.63, 3.8) is 0 Å². The molecule has 0 saturated carbocycles. The molecule has 5 nitrogen and oxygen atoms in total. The van der Waals surface area contributed by atoms with Crippen molar-refractivity contribution >= 4 is 15.9 Å². The van der Waals surface area contributed by atoms with Crippen LogP contribution in [0.4, 0.5) is 0 Å². The molecule has 1 saturated heterocycles. The number of hydrogen-bond acceptors (Lipinski definition) is 4. The number of halogens is 1. The molecule has 96 valence electrons. The maximum atomic E-state index is 6.41. The van der Waals surface area contributed by atoms with E-state index in [0.29, 0.717) is 6.04 Å². The number of likely N-dealkylation sites (N-methyl/N-ethyl adjacent to an activating group) is 2. The molecule has 2 N–H and O–H groups in total. The fourth-order valence-corrected chi connectivity index (χ4v) is 3.02. The predicted octanol–water partition coefficient (Wildman–Crippen LogP) is 0.428. The molecule has 0 radical (unpaired) electrons. The average molecular weight is 302 g/mol. The van der Waals surface area contributed by atoms with Gasteiger partial charge in [0.15, 0.2) is 0 Å². The second-order valence-corrected chi connectivity index (χ2v) is 5.69. The number of rotatable bonds is 2. The minimum atomic E-state index is -0.0235. The molecule has 0 aliphatic carbocycles. The van der Waals surface area contributed by atoms with Gasteiger partial charge in [-0.2, -0.15) is 5.10 Å². The van der Waals surface area contributed by atoms with Gasteiger partial charge in [-0.05, 0) is 30.0 Å². The maximum Gasteiger partial charge on any atom is 0.0706 e. The van der Waals surface area contributed by atoms with E-state index in [9.17, 15) is 0 Å². The summed E-state index contributed by atoms with van der Waals surface area (Å²) in [4.78, 5) is 4.67. The molecular weight excluding hydrogens is 282 g/mol. The Hall–Kier alpha value is -0.430. The van der Waals surface area contributed by atoms with Gasteiger partial charge >= 0.3 is 0 Å². The van der Waals surface area contributed by atoms with Crippen LogP contribution in [-0.4, -0.2) is 59.4 Å². The fraction of sp³-hybridized carbons (Fsp3) is 0.727. The maximum absolute atomic E-state index is 6.41. The molecular formula is C11H20BrN5. The van der Waals surface area contributed by atoms with Gasteiger partial charge in [0.05, 0.1) is 22.4 Å². The van der Waals surface area contributed by atoms with Crippen molar-refractivity contribution in [2.24, 2.45) is 12.8 Å². The molecule has 0 amide bonds. The van der Waals surface area contributed by atoms with Gasteiger partial charge in [-0.15, -0.1) is 0 Å². The SMILES string of the molecule is CN1CCN(C)C(C(N)c2c(Br)cnn2C)C1. The van der Waals surface area contributed by atoms with E-state index in [1.165, 1.54) is 0 Å². The Morgan fingerprint density at radius 3 is 2.71 bits per heavy atom. The standard InChI is InChI=1S/C11H20BrN5/c1-15-4-5-16(2)9(7-15)10(13)11-8(12)6-14-17(11)3/h6,9-10H,4-5,7,13H2,1-3H3. The van der Waals surface area contributed by atoms with Crippen LogP contribution < -0.4 is 5.73 Å². The highest BCUT2D eigenvalue weighted by Crippen LogP contribution is 2.26. The molecule has 0 spiro atoms. The van der Waals surface area contributed by atoms with Crippen LogP contribution in [-0.2, 0) is 7.05 Å². The van der Waals surface area contributed by atoms with Crippen LogP contribution in [0.3, 0.4) is 0 Å². The van der Waals surface area contributed by atoms with Crippen molar-refractivity contribution in [1.29, 1.82) is 0 Å². The zero-order chi connectivity index (χ0) is 12.6. The Bertz CT molecular complexity index is 372. The summed E-state index contributed by atoms with van der Waals surface area (Å²) in [6.45, 7) is 3.16. The van der Waals surface area contributed by atoms with Gasteiger partial charge in [-0.3, -0.25) is 9.58 Å². The van der Waals surface area contributed by atoms with Crippen molar-refractivity contribution in [3.8, 4) is 0 Å². The van der Waals surface area contributed by atoms with Crippen LogP contribution in [0.1, 0.15) is 11.7 Å². The molecule has 17 heavy (non-hydrogen) atoms. The highest BCUT2D eigenvalue weighted by Gasteiger charge is 2.31. The molecule has 6 heteroatoms. The highest BCUT2D eigenvalue weighted by atomic mass is 79.9. The third kappa shape index (κ3) is 2.54. The summed E-state index contributed by atoms with van der Waals surface area (Å²) >= 11 is 3.52. The molecule has 1 aliphatic heterocycles. The van der Waals surface area contributed by atoms with E-state index >= 15 is 0 Å². The molecule has 1 aromatic heterocycles. The third-order valence-corrected chi connectivity index (χ3v) is 4.18. The second kappa shape index (κ2) is 5.06. The van der Waals surface area contributed by atoms with E-state index in [4.69, 9.17) is 5.73 Å². The van der Waals surface area contributed by atoms with Gasteiger partial charge in [0, 0.05) is 32.7 Å². The smallest absolute Gasteiger partial charge is 0.0706 e. The van der Waals surface area contributed by atoms with Crippen LogP contribution in [0.15, 0.2) is 10.7 Å². The molecule has 0 bridgehead atoms. The normalized spacial score (nSPS) is 25.1. The largest absolute Gasteiger partial charge is 0.321 e. The minimum absolute atomic E-state index is 0.0235. The number of piperazine rings is 1. The number of aryl methyl sites for hydroxylation is 1. The van der Waals surface area contributed by atoms with E-state index < -0.39 is 0 Å². The van der Waals surface area contributed by atoms with Gasteiger partial charge in [0.1, 0.15) is 0 Å². The first-order chi connectivity index (χ1) is 8.00. The number of aromatic nitrogens is 2. The summed E-state index contributed by atoms with van der Waals surface area (Å²) in [7, 11) is 6.22. The predicted molar refractivity (Wildman–Crippen MR) is 71.8 cm³/mol. The summed E-state index contributed by atoms with van der Waals surface area (Å²) in [5.41, 5.74) is 7.48. The lowest BCUT2D eigenvalue weighted by Crippen LogP contribution is -2.54. The Morgan fingerprint density at radius 1 is 1.41 bits per heavy atom. The summed E-state index contributed by atoms with van der Waals surface area (Å²) in [5, 5.41) is 4.23. The summed E-state index contributed by atoms with van der Waals surface area (Å²) in [6, 6.07) is 0.310. The molecule has 1 fully saturated rings. The van der Waals surface area contributed by atoms with Gasteiger partial charge in [0.25, 0.3) is 0 Å². The monoisotopic (exact) mass is 301 g/mol. The van der Waals surface area contributed by atoms with Crippen LogP contribution in [0.2, 0.25) is 0 Å². The lowest BCUT2D eigenvalue weighted by atomic mass is 10.0. The lowest BCUT2D eigenvalue weighted by Gasteiger charge is -2.40. The quantitative estimate of drug-likeness (QED) is 0.861. The molecule has 2 heterocycles. The molecule has 1 aromatic rings. The first-order valence-corrected chi connectivity index (χ1v) is 6.61. The van der Waals surface area contributed by atoms with Crippen molar-refractivity contribution < 1.29 is 0 Å². The molecule has 0 aromatic carbocycles. The molecule has 2 rings (SSSR count). The summed E-state index contributed by atoms with van der Waals surface area (Å²) < 4.78 is 2.85. The Labute approximate surface area is 111 Å². The van der Waals surface area contributed by atoms with Gasteiger partial charge < -0.3 is 10.6 Å². The third-order valence-electron chi connectivity index (χ3n) is 3.57.